The number of imidazole rings is 1. The lowest BCUT2D eigenvalue weighted by molar-refractivity contribution is 0.204. The van der Waals surface area contributed by atoms with Crippen LogP contribution in [0, 0.1) is 13.8 Å². The van der Waals surface area contributed by atoms with E-state index in [-0.39, 0.29) is 0 Å². The molecule has 0 radical (unpaired) electrons. The third-order valence-corrected chi connectivity index (χ3v) is 3.69. The average molecular weight is 236 g/mol. The average Bonchev–Trinajstić information content (AvgIpc) is 2.83. The van der Waals surface area contributed by atoms with E-state index in [1.807, 2.05) is 30.7 Å². The van der Waals surface area contributed by atoms with Crippen LogP contribution in [0.15, 0.2) is 18.5 Å². The van der Waals surface area contributed by atoms with Crippen molar-refractivity contribution in [3.8, 4) is 0 Å². The van der Waals surface area contributed by atoms with Gasteiger partial charge in [-0.15, -0.1) is 11.3 Å². The molecular formula is C12H16N2OS. The van der Waals surface area contributed by atoms with Crippen LogP contribution in [-0.4, -0.2) is 14.7 Å². The minimum atomic E-state index is -0.611. The molecule has 3 nitrogen and oxygen atoms in total. The van der Waals surface area contributed by atoms with Crippen molar-refractivity contribution < 1.29 is 5.11 Å². The van der Waals surface area contributed by atoms with Crippen molar-refractivity contribution in [3.05, 3.63) is 39.6 Å². The summed E-state index contributed by atoms with van der Waals surface area (Å²) in [4.78, 5) is 6.62. The number of aliphatic hydroxyl groups is 1. The maximum absolute atomic E-state index is 10.3. The third kappa shape index (κ3) is 1.90. The van der Waals surface area contributed by atoms with Gasteiger partial charge in [-0.1, -0.05) is 0 Å². The van der Waals surface area contributed by atoms with Crippen LogP contribution in [0.1, 0.15) is 34.2 Å². The molecular weight excluding hydrogens is 220 g/mol. The van der Waals surface area contributed by atoms with Gasteiger partial charge in [0.2, 0.25) is 0 Å². The molecule has 0 fully saturated rings. The molecule has 0 saturated carbocycles. The van der Waals surface area contributed by atoms with Crippen molar-refractivity contribution in [2.45, 2.75) is 33.4 Å². The molecule has 2 heterocycles. The van der Waals surface area contributed by atoms with Crippen molar-refractivity contribution in [2.75, 3.05) is 0 Å². The van der Waals surface area contributed by atoms with E-state index in [1.165, 1.54) is 4.88 Å². The fraction of sp³-hybridized carbons (Fsp3) is 0.417. The maximum atomic E-state index is 10.3. The summed E-state index contributed by atoms with van der Waals surface area (Å²) in [6.07, 6.45) is 3.02. The Morgan fingerprint density at radius 2 is 2.25 bits per heavy atom. The number of hydrogen-bond acceptors (Lipinski definition) is 3. The molecule has 0 amide bonds. The molecule has 2 aromatic heterocycles. The molecule has 0 aliphatic carbocycles. The van der Waals surface area contributed by atoms with Gasteiger partial charge < -0.3 is 9.67 Å². The van der Waals surface area contributed by atoms with E-state index in [9.17, 15) is 5.11 Å². The Hall–Kier alpha value is -1.13. The molecule has 4 heteroatoms. The normalized spacial score (nSPS) is 13.0. The van der Waals surface area contributed by atoms with Crippen LogP contribution in [0.5, 0.6) is 0 Å². The monoisotopic (exact) mass is 236 g/mol. The molecule has 2 rings (SSSR count). The van der Waals surface area contributed by atoms with Crippen molar-refractivity contribution in [1.82, 2.24) is 9.55 Å². The first-order chi connectivity index (χ1) is 7.63. The van der Waals surface area contributed by atoms with Crippen LogP contribution >= 0.6 is 11.3 Å². The van der Waals surface area contributed by atoms with Crippen molar-refractivity contribution >= 4 is 11.3 Å². The quantitative estimate of drug-likeness (QED) is 0.889. The first-order valence-corrected chi connectivity index (χ1v) is 6.21. The summed E-state index contributed by atoms with van der Waals surface area (Å²) in [6, 6.07) is 2.04. The summed E-state index contributed by atoms with van der Waals surface area (Å²) in [5.74, 6) is 0.725. The van der Waals surface area contributed by atoms with E-state index in [4.69, 9.17) is 0 Å². The van der Waals surface area contributed by atoms with Gasteiger partial charge in [-0.25, -0.2) is 4.98 Å². The van der Waals surface area contributed by atoms with Gasteiger partial charge in [0, 0.05) is 34.3 Å². The predicted molar refractivity (Wildman–Crippen MR) is 65.8 cm³/mol. The van der Waals surface area contributed by atoms with Crippen LogP contribution in [0.3, 0.4) is 0 Å². The van der Waals surface area contributed by atoms with E-state index >= 15 is 0 Å². The van der Waals surface area contributed by atoms with Gasteiger partial charge in [-0.2, -0.15) is 0 Å². The Labute approximate surface area is 99.4 Å². The van der Waals surface area contributed by atoms with Gasteiger partial charge in [-0.3, -0.25) is 0 Å². The summed E-state index contributed by atoms with van der Waals surface area (Å²) in [5.41, 5.74) is 0.975. The van der Waals surface area contributed by atoms with Gasteiger partial charge in [0.05, 0.1) is 0 Å². The fourth-order valence-electron chi connectivity index (χ4n) is 1.90. The zero-order chi connectivity index (χ0) is 11.7. The highest BCUT2D eigenvalue weighted by molar-refractivity contribution is 7.12. The van der Waals surface area contributed by atoms with Gasteiger partial charge in [-0.05, 0) is 26.8 Å². The second kappa shape index (κ2) is 4.39. The summed E-state index contributed by atoms with van der Waals surface area (Å²) < 4.78 is 1.97. The van der Waals surface area contributed by atoms with Crippen LogP contribution in [0.2, 0.25) is 0 Å². The van der Waals surface area contributed by atoms with E-state index < -0.39 is 6.10 Å². The Balaban J connectivity index is 2.38. The van der Waals surface area contributed by atoms with E-state index in [2.05, 4.69) is 11.9 Å². The second-order valence-electron chi connectivity index (χ2n) is 3.84. The predicted octanol–water partition coefficient (Wildman–Crippen LogP) is 2.66. The number of aromatic nitrogens is 2. The Kier molecular flexibility index (Phi) is 3.12. The number of nitrogens with zero attached hydrogens (tertiary/aromatic N) is 2. The molecule has 86 valence electrons. The standard InChI is InChI=1S/C12H16N2OS/c1-4-14-6-5-13-12(14)11(15)10-7-8(2)16-9(10)3/h5-7,11,15H,4H2,1-3H3. The van der Waals surface area contributed by atoms with Crippen molar-refractivity contribution in [1.29, 1.82) is 0 Å². The Morgan fingerprint density at radius 3 is 2.81 bits per heavy atom. The van der Waals surface area contributed by atoms with E-state index in [0.29, 0.717) is 0 Å². The van der Waals surface area contributed by atoms with Crippen molar-refractivity contribution in [2.24, 2.45) is 0 Å². The molecule has 0 bridgehead atoms. The van der Waals surface area contributed by atoms with Crippen LogP contribution < -0.4 is 0 Å². The highest BCUT2D eigenvalue weighted by Crippen LogP contribution is 2.29. The summed E-state index contributed by atoms with van der Waals surface area (Å²) in [5, 5.41) is 10.3. The molecule has 1 unspecified atom stereocenters. The van der Waals surface area contributed by atoms with Gasteiger partial charge in [0.15, 0.2) is 0 Å². The summed E-state index contributed by atoms with van der Waals surface area (Å²) >= 11 is 1.71. The number of thiophene rings is 1. The molecule has 0 aromatic carbocycles. The lowest BCUT2D eigenvalue weighted by Gasteiger charge is -2.11. The Bertz CT molecular complexity index is 487. The number of aliphatic hydroxyl groups excluding tert-OH is 1. The molecule has 16 heavy (non-hydrogen) atoms. The molecule has 1 N–H and O–H groups in total. The number of rotatable bonds is 3. The molecule has 2 aromatic rings. The van der Waals surface area contributed by atoms with E-state index in [0.717, 1.165) is 22.8 Å². The summed E-state index contributed by atoms with van der Waals surface area (Å²) in [7, 11) is 0. The van der Waals surface area contributed by atoms with Gasteiger partial charge >= 0.3 is 0 Å². The van der Waals surface area contributed by atoms with Crippen molar-refractivity contribution in [3.63, 3.8) is 0 Å². The van der Waals surface area contributed by atoms with Crippen LogP contribution in [0.25, 0.3) is 0 Å². The minimum Gasteiger partial charge on any atom is -0.380 e. The maximum Gasteiger partial charge on any atom is 0.142 e. The van der Waals surface area contributed by atoms with Gasteiger partial charge in [0.1, 0.15) is 11.9 Å². The number of aryl methyl sites for hydroxylation is 3. The largest absolute Gasteiger partial charge is 0.380 e. The smallest absolute Gasteiger partial charge is 0.142 e. The minimum absolute atomic E-state index is 0.611. The first kappa shape index (κ1) is 11.4. The lowest BCUT2D eigenvalue weighted by Crippen LogP contribution is -2.08. The molecule has 0 aliphatic rings. The Morgan fingerprint density at radius 1 is 1.50 bits per heavy atom. The third-order valence-electron chi connectivity index (χ3n) is 2.71. The van der Waals surface area contributed by atoms with E-state index in [1.54, 1.807) is 17.5 Å². The highest BCUT2D eigenvalue weighted by Gasteiger charge is 2.19. The first-order valence-electron chi connectivity index (χ1n) is 5.39. The van der Waals surface area contributed by atoms with Crippen LogP contribution in [0.4, 0.5) is 0 Å². The molecule has 0 aliphatic heterocycles. The SMILES string of the molecule is CCn1ccnc1C(O)c1cc(C)sc1C. The highest BCUT2D eigenvalue weighted by atomic mass is 32.1. The molecule has 1 atom stereocenters. The van der Waals surface area contributed by atoms with Crippen LogP contribution in [-0.2, 0) is 6.54 Å². The zero-order valence-corrected chi connectivity index (χ0v) is 10.6. The lowest BCUT2D eigenvalue weighted by atomic mass is 10.1. The molecule has 0 spiro atoms. The second-order valence-corrected chi connectivity index (χ2v) is 5.30. The topological polar surface area (TPSA) is 38.0 Å². The summed E-state index contributed by atoms with van der Waals surface area (Å²) in [6.45, 7) is 6.97. The number of hydrogen-bond donors (Lipinski definition) is 1. The molecule has 0 saturated heterocycles. The zero-order valence-electron chi connectivity index (χ0n) is 9.77. The van der Waals surface area contributed by atoms with Gasteiger partial charge in [0.25, 0.3) is 0 Å². The fourth-order valence-corrected chi connectivity index (χ4v) is 2.85.